The minimum Gasteiger partial charge on any atom is -0.370 e. The van der Waals surface area contributed by atoms with Gasteiger partial charge >= 0.3 is 0 Å². The zero-order valence-electron chi connectivity index (χ0n) is 7.50. The van der Waals surface area contributed by atoms with Crippen molar-refractivity contribution in [3.8, 4) is 0 Å². The summed E-state index contributed by atoms with van der Waals surface area (Å²) in [4.78, 5) is 7.20. The van der Waals surface area contributed by atoms with Crippen LogP contribution in [0, 0.1) is 5.95 Å². The Morgan fingerprint density at radius 3 is 3.08 bits per heavy atom. The van der Waals surface area contributed by atoms with Gasteiger partial charge in [0.05, 0.1) is 0 Å². The summed E-state index contributed by atoms with van der Waals surface area (Å²) in [6, 6.07) is 1.27. The lowest BCUT2D eigenvalue weighted by molar-refractivity contribution is 0.580. The predicted molar refractivity (Wildman–Crippen MR) is 49.9 cm³/mol. The third-order valence-corrected chi connectivity index (χ3v) is 1.49. The molecule has 0 saturated heterocycles. The fourth-order valence-corrected chi connectivity index (χ4v) is 0.880. The van der Waals surface area contributed by atoms with Gasteiger partial charge in [0.1, 0.15) is 12.1 Å². The van der Waals surface area contributed by atoms with E-state index in [1.54, 1.807) is 0 Å². The molecule has 0 radical (unpaired) electrons. The molecule has 1 N–H and O–H groups in total. The van der Waals surface area contributed by atoms with E-state index in [0.29, 0.717) is 5.82 Å². The molecule has 1 aromatic rings. The molecule has 0 saturated carbocycles. The second-order valence-electron chi connectivity index (χ2n) is 2.51. The van der Waals surface area contributed by atoms with Gasteiger partial charge in [-0.15, -0.1) is 0 Å². The fourth-order valence-electron chi connectivity index (χ4n) is 0.880. The highest BCUT2D eigenvalue weighted by molar-refractivity contribution is 5.31. The van der Waals surface area contributed by atoms with Gasteiger partial charge in [-0.2, -0.15) is 4.39 Å². The van der Waals surface area contributed by atoms with Crippen LogP contribution in [0.15, 0.2) is 24.5 Å². The van der Waals surface area contributed by atoms with Gasteiger partial charge in [0.25, 0.3) is 0 Å². The van der Waals surface area contributed by atoms with E-state index in [4.69, 9.17) is 0 Å². The van der Waals surface area contributed by atoms with Crippen molar-refractivity contribution in [2.24, 2.45) is 0 Å². The van der Waals surface area contributed by atoms with Crippen LogP contribution in [0.5, 0.6) is 0 Å². The summed E-state index contributed by atoms with van der Waals surface area (Å²) in [5.74, 6) is 0.0144. The molecule has 0 aliphatic carbocycles. The Labute approximate surface area is 76.7 Å². The highest BCUT2D eigenvalue weighted by Crippen LogP contribution is 2.01. The Balaban J connectivity index is 2.36. The highest BCUT2D eigenvalue weighted by Gasteiger charge is 1.94. The van der Waals surface area contributed by atoms with Crippen molar-refractivity contribution in [2.75, 3.05) is 11.9 Å². The van der Waals surface area contributed by atoms with Crippen molar-refractivity contribution in [1.82, 2.24) is 9.97 Å². The van der Waals surface area contributed by atoms with Gasteiger partial charge in [-0.25, -0.2) is 9.97 Å². The van der Waals surface area contributed by atoms with E-state index >= 15 is 0 Å². The lowest BCUT2D eigenvalue weighted by Gasteiger charge is -2.01. The SMILES string of the molecule is C/C=C/CCNc1cc(F)ncn1. The first-order valence-electron chi connectivity index (χ1n) is 4.15. The first-order valence-corrected chi connectivity index (χ1v) is 4.15. The Morgan fingerprint density at radius 2 is 2.38 bits per heavy atom. The van der Waals surface area contributed by atoms with Crippen molar-refractivity contribution in [2.45, 2.75) is 13.3 Å². The third kappa shape index (κ3) is 3.64. The zero-order valence-corrected chi connectivity index (χ0v) is 7.50. The van der Waals surface area contributed by atoms with Crippen LogP contribution < -0.4 is 5.32 Å². The number of aromatic nitrogens is 2. The van der Waals surface area contributed by atoms with Crippen molar-refractivity contribution >= 4 is 5.82 Å². The first kappa shape index (κ1) is 9.64. The van der Waals surface area contributed by atoms with Crippen LogP contribution in [0.3, 0.4) is 0 Å². The van der Waals surface area contributed by atoms with Crippen LogP contribution in [-0.2, 0) is 0 Å². The van der Waals surface area contributed by atoms with Crippen LogP contribution in [0.25, 0.3) is 0 Å². The fraction of sp³-hybridized carbons (Fsp3) is 0.333. The minimum atomic E-state index is -0.511. The predicted octanol–water partition coefficient (Wildman–Crippen LogP) is 1.99. The summed E-state index contributed by atoms with van der Waals surface area (Å²) in [7, 11) is 0. The molecule has 70 valence electrons. The molecule has 1 rings (SSSR count). The average molecular weight is 181 g/mol. The molecule has 0 aliphatic rings. The largest absolute Gasteiger partial charge is 0.370 e. The molecule has 4 heteroatoms. The van der Waals surface area contributed by atoms with Crippen LogP contribution in [-0.4, -0.2) is 16.5 Å². The summed E-state index contributed by atoms with van der Waals surface area (Å²) in [6.07, 6.45) is 6.11. The lowest BCUT2D eigenvalue weighted by Crippen LogP contribution is -2.02. The van der Waals surface area contributed by atoms with Gasteiger partial charge in [-0.05, 0) is 13.3 Å². The van der Waals surface area contributed by atoms with Crippen molar-refractivity contribution in [3.05, 3.63) is 30.5 Å². The number of hydrogen-bond donors (Lipinski definition) is 1. The molecular formula is C9H12FN3. The van der Waals surface area contributed by atoms with E-state index in [1.165, 1.54) is 12.4 Å². The van der Waals surface area contributed by atoms with E-state index < -0.39 is 5.95 Å². The number of hydrogen-bond acceptors (Lipinski definition) is 3. The van der Waals surface area contributed by atoms with Crippen LogP contribution in [0.2, 0.25) is 0 Å². The molecule has 0 unspecified atom stereocenters. The topological polar surface area (TPSA) is 37.8 Å². The Hall–Kier alpha value is -1.45. The van der Waals surface area contributed by atoms with E-state index in [9.17, 15) is 4.39 Å². The summed E-state index contributed by atoms with van der Waals surface area (Å²) in [5.41, 5.74) is 0. The van der Waals surface area contributed by atoms with Crippen molar-refractivity contribution in [3.63, 3.8) is 0 Å². The number of anilines is 1. The molecule has 3 nitrogen and oxygen atoms in total. The second-order valence-corrected chi connectivity index (χ2v) is 2.51. The first-order chi connectivity index (χ1) is 6.33. The molecule has 0 spiro atoms. The molecule has 0 amide bonds. The van der Waals surface area contributed by atoms with Crippen molar-refractivity contribution in [1.29, 1.82) is 0 Å². The Morgan fingerprint density at radius 1 is 1.54 bits per heavy atom. The normalized spacial score (nSPS) is 10.6. The molecule has 0 bridgehead atoms. The molecule has 0 aliphatic heterocycles. The van der Waals surface area contributed by atoms with Crippen molar-refractivity contribution < 1.29 is 4.39 Å². The van der Waals surface area contributed by atoms with Gasteiger partial charge in [-0.3, -0.25) is 0 Å². The number of nitrogens with zero attached hydrogens (tertiary/aromatic N) is 2. The van der Waals surface area contributed by atoms with Gasteiger partial charge in [0.15, 0.2) is 0 Å². The number of nitrogens with one attached hydrogen (secondary N) is 1. The zero-order chi connectivity index (χ0) is 9.52. The summed E-state index contributed by atoms with van der Waals surface area (Å²) >= 11 is 0. The maximum Gasteiger partial charge on any atom is 0.217 e. The molecule has 0 fully saturated rings. The van der Waals surface area contributed by atoms with E-state index in [0.717, 1.165) is 13.0 Å². The molecular weight excluding hydrogens is 169 g/mol. The molecule has 1 aromatic heterocycles. The number of rotatable bonds is 4. The van der Waals surface area contributed by atoms with Crippen LogP contribution >= 0.6 is 0 Å². The number of halogens is 1. The average Bonchev–Trinajstić information content (AvgIpc) is 2.13. The maximum absolute atomic E-state index is 12.5. The standard InChI is InChI=1S/C9H12FN3/c1-2-3-4-5-11-9-6-8(10)12-7-13-9/h2-3,6-7H,4-5H2,1H3,(H,11,12,13)/b3-2+. The summed E-state index contributed by atoms with van der Waals surface area (Å²) in [6.45, 7) is 2.71. The monoisotopic (exact) mass is 181 g/mol. The minimum absolute atomic E-state index is 0.511. The van der Waals surface area contributed by atoms with Crippen LogP contribution in [0.4, 0.5) is 10.2 Å². The lowest BCUT2D eigenvalue weighted by atomic mass is 10.4. The smallest absolute Gasteiger partial charge is 0.217 e. The molecule has 1 heterocycles. The van der Waals surface area contributed by atoms with E-state index in [1.807, 2.05) is 19.1 Å². The molecule has 13 heavy (non-hydrogen) atoms. The maximum atomic E-state index is 12.5. The molecule has 0 atom stereocenters. The Kier molecular flexibility index (Phi) is 3.88. The van der Waals surface area contributed by atoms with E-state index in [2.05, 4.69) is 15.3 Å². The van der Waals surface area contributed by atoms with E-state index in [-0.39, 0.29) is 0 Å². The van der Waals surface area contributed by atoms with Gasteiger partial charge in [-0.1, -0.05) is 12.2 Å². The number of allylic oxidation sites excluding steroid dienone is 1. The highest BCUT2D eigenvalue weighted by atomic mass is 19.1. The van der Waals surface area contributed by atoms with Gasteiger partial charge in [0, 0.05) is 12.6 Å². The van der Waals surface area contributed by atoms with Gasteiger partial charge in [0.2, 0.25) is 5.95 Å². The van der Waals surface area contributed by atoms with Crippen LogP contribution in [0.1, 0.15) is 13.3 Å². The summed E-state index contributed by atoms with van der Waals surface area (Å²) in [5, 5.41) is 2.98. The second kappa shape index (κ2) is 5.24. The third-order valence-electron chi connectivity index (χ3n) is 1.49. The Bertz CT molecular complexity index is 286. The van der Waals surface area contributed by atoms with Gasteiger partial charge < -0.3 is 5.32 Å². The summed E-state index contributed by atoms with van der Waals surface area (Å²) < 4.78 is 12.5. The molecule has 0 aromatic carbocycles. The quantitative estimate of drug-likeness (QED) is 0.438.